The molecular formula is C16H14F3N3O3. The van der Waals surface area contributed by atoms with Crippen LogP contribution < -0.4 is 0 Å². The smallest absolute Gasteiger partial charge is 0.334 e. The topological polar surface area (TPSA) is 80.2 Å². The van der Waals surface area contributed by atoms with E-state index in [0.717, 1.165) is 16.0 Å². The number of halogens is 3. The quantitative estimate of drug-likeness (QED) is 0.573. The summed E-state index contributed by atoms with van der Waals surface area (Å²) in [4.78, 5) is 38.2. The second-order valence-corrected chi connectivity index (χ2v) is 5.23. The maximum Gasteiger partial charge on any atom is 0.471 e. The molecule has 1 aliphatic rings. The number of amides is 1. The molecule has 2 heterocycles. The van der Waals surface area contributed by atoms with Crippen LogP contribution in [0.25, 0.3) is 11.0 Å². The molecule has 0 saturated carbocycles. The van der Waals surface area contributed by atoms with Crippen LogP contribution in [0.3, 0.4) is 0 Å². The van der Waals surface area contributed by atoms with E-state index in [2.05, 4.69) is 9.97 Å². The van der Waals surface area contributed by atoms with Gasteiger partial charge in [0.1, 0.15) is 0 Å². The van der Waals surface area contributed by atoms with Crippen molar-refractivity contribution in [3.63, 3.8) is 0 Å². The molecule has 0 spiro atoms. The van der Waals surface area contributed by atoms with Gasteiger partial charge < -0.3 is 4.90 Å². The van der Waals surface area contributed by atoms with Gasteiger partial charge in [0.05, 0.1) is 11.0 Å². The Morgan fingerprint density at radius 1 is 0.960 bits per heavy atom. The number of alkyl halides is 3. The number of carbonyl (C=O) groups excluding carboxylic acids is 3. The maximum absolute atomic E-state index is 12.5. The van der Waals surface area contributed by atoms with Crippen LogP contribution in [0.4, 0.5) is 13.2 Å². The van der Waals surface area contributed by atoms with Crippen molar-refractivity contribution in [2.45, 2.75) is 19.0 Å². The van der Waals surface area contributed by atoms with Crippen molar-refractivity contribution in [2.24, 2.45) is 0 Å². The Morgan fingerprint density at radius 2 is 1.40 bits per heavy atom. The summed E-state index contributed by atoms with van der Waals surface area (Å²) in [6, 6.07) is 3.69. The molecule has 1 aromatic carbocycles. The molecule has 1 aliphatic heterocycles. The van der Waals surface area contributed by atoms with E-state index in [1.165, 1.54) is 0 Å². The van der Waals surface area contributed by atoms with Gasteiger partial charge in [-0.25, -0.2) is 0 Å². The van der Waals surface area contributed by atoms with Crippen LogP contribution in [0.1, 0.15) is 11.1 Å². The zero-order valence-electron chi connectivity index (χ0n) is 13.0. The van der Waals surface area contributed by atoms with Crippen molar-refractivity contribution < 1.29 is 27.6 Å². The van der Waals surface area contributed by atoms with Gasteiger partial charge in [-0.15, -0.1) is 0 Å². The average molecular weight is 353 g/mol. The fourth-order valence-electron chi connectivity index (χ4n) is 2.57. The second kappa shape index (κ2) is 7.82. The fourth-order valence-corrected chi connectivity index (χ4v) is 2.57. The van der Waals surface area contributed by atoms with Crippen molar-refractivity contribution in [3.8, 4) is 0 Å². The molecule has 2 aromatic rings. The summed E-state index contributed by atoms with van der Waals surface area (Å²) in [6.45, 7) is 0.133. The average Bonchev–Trinajstić information content (AvgIpc) is 2.80. The Bertz CT molecular complexity index is 741. The molecule has 3 rings (SSSR count). The van der Waals surface area contributed by atoms with Crippen LogP contribution in [0.2, 0.25) is 0 Å². The monoisotopic (exact) mass is 353 g/mol. The van der Waals surface area contributed by atoms with Crippen LogP contribution in [-0.4, -0.2) is 52.6 Å². The molecule has 0 radical (unpaired) electrons. The predicted molar refractivity (Wildman–Crippen MR) is 81.7 cm³/mol. The number of carbonyl (C=O) groups is 3. The fraction of sp³-hybridized carbons (Fsp3) is 0.312. The third kappa shape index (κ3) is 4.59. The minimum atomic E-state index is -4.82. The Labute approximate surface area is 140 Å². The first-order valence-corrected chi connectivity index (χ1v) is 7.34. The van der Waals surface area contributed by atoms with Gasteiger partial charge in [-0.2, -0.15) is 13.2 Å². The number of aromatic nitrogens is 2. The molecule has 0 saturated heterocycles. The van der Waals surface area contributed by atoms with Crippen LogP contribution >= 0.6 is 0 Å². The van der Waals surface area contributed by atoms with E-state index in [1.807, 2.05) is 12.1 Å². The Hall–Kier alpha value is -2.84. The lowest BCUT2D eigenvalue weighted by atomic mass is 10.0. The van der Waals surface area contributed by atoms with E-state index in [9.17, 15) is 18.0 Å². The van der Waals surface area contributed by atoms with E-state index in [4.69, 9.17) is 9.59 Å². The Kier molecular flexibility index (Phi) is 5.79. The van der Waals surface area contributed by atoms with Crippen molar-refractivity contribution in [3.05, 3.63) is 35.7 Å². The van der Waals surface area contributed by atoms with Gasteiger partial charge in [-0.1, -0.05) is 0 Å². The first kappa shape index (κ1) is 18.5. The number of nitrogens with zero attached hydrogens (tertiary/aromatic N) is 3. The van der Waals surface area contributed by atoms with Gasteiger partial charge >= 0.3 is 12.1 Å². The van der Waals surface area contributed by atoms with Gasteiger partial charge in [-0.05, 0) is 36.1 Å². The van der Waals surface area contributed by atoms with Crippen LogP contribution in [0.15, 0.2) is 24.5 Å². The summed E-state index contributed by atoms with van der Waals surface area (Å²) >= 11 is 0. The Morgan fingerprint density at radius 3 is 1.76 bits per heavy atom. The summed E-state index contributed by atoms with van der Waals surface area (Å²) in [7, 11) is 0. The number of benzene rings is 1. The minimum absolute atomic E-state index is 0.0666. The lowest BCUT2D eigenvalue weighted by Gasteiger charge is -2.21. The van der Waals surface area contributed by atoms with Crippen LogP contribution in [0.5, 0.6) is 0 Å². The summed E-state index contributed by atoms with van der Waals surface area (Å²) < 4.78 is 37.5. The normalized spacial score (nSPS) is 14.0. The first-order valence-electron chi connectivity index (χ1n) is 7.34. The summed E-state index contributed by atoms with van der Waals surface area (Å²) in [5.74, 6) is -1.77. The van der Waals surface area contributed by atoms with Gasteiger partial charge in [0.15, 0.2) is 12.6 Å². The molecule has 1 aromatic heterocycles. The number of fused-ring (bicyclic) bond motifs is 2. The van der Waals surface area contributed by atoms with Gasteiger partial charge in [0.2, 0.25) is 0 Å². The van der Waals surface area contributed by atoms with Gasteiger partial charge in [0.25, 0.3) is 0 Å². The molecule has 0 bridgehead atoms. The summed E-state index contributed by atoms with van der Waals surface area (Å²) in [6.07, 6.45) is -0.493. The molecule has 0 unspecified atom stereocenters. The van der Waals surface area contributed by atoms with Crippen molar-refractivity contribution in [2.75, 3.05) is 13.1 Å². The predicted octanol–water partition coefficient (Wildman–Crippen LogP) is 1.50. The van der Waals surface area contributed by atoms with E-state index in [-0.39, 0.29) is 25.7 Å². The second-order valence-electron chi connectivity index (χ2n) is 5.23. The third-order valence-corrected chi connectivity index (χ3v) is 3.68. The lowest BCUT2D eigenvalue weighted by Crippen LogP contribution is -2.42. The van der Waals surface area contributed by atoms with Crippen molar-refractivity contribution >= 4 is 29.5 Å². The van der Waals surface area contributed by atoms with Crippen LogP contribution in [-0.2, 0) is 27.2 Å². The molecule has 25 heavy (non-hydrogen) atoms. The largest absolute Gasteiger partial charge is 0.471 e. The van der Waals surface area contributed by atoms with E-state index >= 15 is 0 Å². The highest BCUT2D eigenvalue weighted by atomic mass is 19.4. The van der Waals surface area contributed by atoms with Crippen LogP contribution in [0, 0.1) is 0 Å². The minimum Gasteiger partial charge on any atom is -0.334 e. The standard InChI is InChI=1S/C14H12F3N3O.C2H2O2/c15-14(16,17)13(21)20-5-1-9-7-11-12(19-4-3-18-11)8-10(9)2-6-20;3-1-2-4/h3-4,7-8H,1-2,5-6H2;1-2H. The van der Waals surface area contributed by atoms with E-state index in [0.29, 0.717) is 23.9 Å². The van der Waals surface area contributed by atoms with Gasteiger partial charge in [-0.3, -0.25) is 24.4 Å². The highest BCUT2D eigenvalue weighted by molar-refractivity contribution is 6.09. The molecule has 0 aliphatic carbocycles. The highest BCUT2D eigenvalue weighted by Crippen LogP contribution is 2.24. The molecular weight excluding hydrogens is 339 g/mol. The lowest BCUT2D eigenvalue weighted by molar-refractivity contribution is -0.185. The highest BCUT2D eigenvalue weighted by Gasteiger charge is 2.42. The molecule has 6 nitrogen and oxygen atoms in total. The first-order chi connectivity index (χ1) is 11.9. The molecule has 0 N–H and O–H groups in total. The summed E-state index contributed by atoms with van der Waals surface area (Å²) in [5, 5.41) is 0. The SMILES string of the molecule is O=C(N1CCc2cc3nccnc3cc2CC1)C(F)(F)F.O=CC=O. The number of aldehydes is 2. The van der Waals surface area contributed by atoms with E-state index < -0.39 is 12.1 Å². The van der Waals surface area contributed by atoms with Gasteiger partial charge in [0, 0.05) is 25.5 Å². The zero-order chi connectivity index (χ0) is 18.4. The van der Waals surface area contributed by atoms with Crippen molar-refractivity contribution in [1.29, 1.82) is 0 Å². The maximum atomic E-state index is 12.5. The van der Waals surface area contributed by atoms with E-state index in [1.54, 1.807) is 12.4 Å². The molecule has 0 atom stereocenters. The number of rotatable bonds is 1. The van der Waals surface area contributed by atoms with Crippen molar-refractivity contribution in [1.82, 2.24) is 14.9 Å². The number of hydrogen-bond acceptors (Lipinski definition) is 5. The zero-order valence-corrected chi connectivity index (χ0v) is 13.0. The molecule has 0 fully saturated rings. The Balaban J connectivity index is 0.000000511. The molecule has 132 valence electrons. The third-order valence-electron chi connectivity index (χ3n) is 3.68. The molecule has 1 amide bonds. The molecule has 9 heteroatoms. The summed E-state index contributed by atoms with van der Waals surface area (Å²) in [5.41, 5.74) is 3.29. The number of hydrogen-bond donors (Lipinski definition) is 0.